The van der Waals surface area contributed by atoms with Gasteiger partial charge >= 0.3 is 0 Å². The van der Waals surface area contributed by atoms with Crippen LogP contribution in [0.3, 0.4) is 0 Å². The minimum Gasteiger partial charge on any atom is -0.497 e. The van der Waals surface area contributed by atoms with Crippen molar-refractivity contribution in [3.05, 3.63) is 66.5 Å². The van der Waals surface area contributed by atoms with E-state index in [0.29, 0.717) is 0 Å². The van der Waals surface area contributed by atoms with Crippen LogP contribution in [0.4, 0.5) is 5.69 Å². The van der Waals surface area contributed by atoms with Gasteiger partial charge in [0.15, 0.2) is 5.82 Å². The fourth-order valence-electron chi connectivity index (χ4n) is 2.32. The molecule has 0 fully saturated rings. The highest BCUT2D eigenvalue weighted by molar-refractivity contribution is 5.80. The van der Waals surface area contributed by atoms with E-state index >= 15 is 0 Å². The van der Waals surface area contributed by atoms with Gasteiger partial charge in [0.05, 0.1) is 13.3 Å². The molecule has 3 aromatic rings. The van der Waals surface area contributed by atoms with Crippen LogP contribution in [-0.4, -0.2) is 48.2 Å². The van der Waals surface area contributed by atoms with Gasteiger partial charge in [-0.25, -0.2) is 9.66 Å². The van der Waals surface area contributed by atoms with Crippen LogP contribution < -0.4 is 9.64 Å². The summed E-state index contributed by atoms with van der Waals surface area (Å²) >= 11 is 0. The van der Waals surface area contributed by atoms with E-state index in [-0.39, 0.29) is 0 Å². The van der Waals surface area contributed by atoms with E-state index < -0.39 is 5.97 Å². The SMILES string of the molecule is CC(=O)O.COc1ccc(-c2nccn2N=Cc2ccc(N(C)C)cc2)cc1. The lowest BCUT2D eigenvalue weighted by Crippen LogP contribution is -2.08. The number of ether oxygens (including phenoxy) is 1. The fourth-order valence-corrected chi connectivity index (χ4v) is 2.32. The van der Waals surface area contributed by atoms with E-state index in [1.807, 2.05) is 62.9 Å². The molecule has 7 heteroatoms. The Kier molecular flexibility index (Phi) is 7.33. The molecule has 0 unspecified atom stereocenters. The molecule has 0 saturated carbocycles. The van der Waals surface area contributed by atoms with Crippen molar-refractivity contribution in [2.75, 3.05) is 26.1 Å². The number of aromatic nitrogens is 2. The van der Waals surface area contributed by atoms with E-state index in [1.54, 1.807) is 18.0 Å². The van der Waals surface area contributed by atoms with E-state index in [9.17, 15) is 0 Å². The average Bonchev–Trinajstić information content (AvgIpc) is 3.15. The van der Waals surface area contributed by atoms with Crippen molar-refractivity contribution in [2.24, 2.45) is 5.10 Å². The lowest BCUT2D eigenvalue weighted by molar-refractivity contribution is -0.134. The van der Waals surface area contributed by atoms with Crippen LogP contribution in [0.2, 0.25) is 0 Å². The molecule has 2 aromatic carbocycles. The second kappa shape index (κ2) is 9.91. The van der Waals surface area contributed by atoms with Crippen molar-refractivity contribution in [2.45, 2.75) is 6.92 Å². The highest BCUT2D eigenvalue weighted by Crippen LogP contribution is 2.21. The first-order chi connectivity index (χ1) is 13.4. The molecule has 0 atom stereocenters. The Labute approximate surface area is 164 Å². The molecule has 0 aliphatic heterocycles. The molecule has 0 saturated heterocycles. The summed E-state index contributed by atoms with van der Waals surface area (Å²) < 4.78 is 6.95. The number of carboxylic acid groups (broad SMARTS) is 1. The number of hydrogen-bond donors (Lipinski definition) is 1. The van der Waals surface area contributed by atoms with E-state index in [1.165, 1.54) is 0 Å². The molecule has 3 rings (SSSR count). The number of rotatable bonds is 5. The van der Waals surface area contributed by atoms with Gasteiger partial charge in [-0.3, -0.25) is 4.79 Å². The maximum Gasteiger partial charge on any atom is 0.300 e. The van der Waals surface area contributed by atoms with Gasteiger partial charge < -0.3 is 14.7 Å². The predicted octanol–water partition coefficient (Wildman–Crippen LogP) is 3.60. The van der Waals surface area contributed by atoms with Crippen molar-refractivity contribution < 1.29 is 14.6 Å². The molecule has 146 valence electrons. The molecule has 0 radical (unpaired) electrons. The minimum atomic E-state index is -0.833. The second-order valence-corrected chi connectivity index (χ2v) is 6.07. The molecule has 0 aliphatic rings. The summed E-state index contributed by atoms with van der Waals surface area (Å²) in [5.41, 5.74) is 3.18. The van der Waals surface area contributed by atoms with Crippen LogP contribution in [0.25, 0.3) is 11.4 Å². The third-order valence-electron chi connectivity index (χ3n) is 3.71. The quantitative estimate of drug-likeness (QED) is 0.684. The largest absolute Gasteiger partial charge is 0.497 e. The average molecular weight is 380 g/mol. The Morgan fingerprint density at radius 2 is 1.75 bits per heavy atom. The Balaban J connectivity index is 0.000000640. The van der Waals surface area contributed by atoms with E-state index in [2.05, 4.69) is 27.1 Å². The molecule has 1 heterocycles. The van der Waals surface area contributed by atoms with Gasteiger partial charge in [-0.1, -0.05) is 12.1 Å². The zero-order chi connectivity index (χ0) is 20.5. The number of hydrogen-bond acceptors (Lipinski definition) is 5. The summed E-state index contributed by atoms with van der Waals surface area (Å²) in [6, 6.07) is 16.0. The van der Waals surface area contributed by atoms with Crippen LogP contribution in [0.5, 0.6) is 5.75 Å². The third kappa shape index (κ3) is 5.98. The number of anilines is 1. The molecular weight excluding hydrogens is 356 g/mol. The number of benzene rings is 2. The summed E-state index contributed by atoms with van der Waals surface area (Å²) in [6.07, 6.45) is 5.41. The van der Waals surface area contributed by atoms with Crippen molar-refractivity contribution in [3.8, 4) is 17.1 Å². The van der Waals surface area contributed by atoms with Crippen molar-refractivity contribution in [1.82, 2.24) is 9.66 Å². The number of nitrogens with zero attached hydrogens (tertiary/aromatic N) is 4. The highest BCUT2D eigenvalue weighted by Gasteiger charge is 2.05. The number of carboxylic acids is 1. The Bertz CT molecular complexity index is 910. The molecule has 28 heavy (non-hydrogen) atoms. The van der Waals surface area contributed by atoms with E-state index in [4.69, 9.17) is 14.6 Å². The summed E-state index contributed by atoms with van der Waals surface area (Å²) in [5, 5.41) is 11.9. The van der Waals surface area contributed by atoms with Gasteiger partial charge in [0.1, 0.15) is 5.75 Å². The lowest BCUT2D eigenvalue weighted by atomic mass is 10.2. The summed E-state index contributed by atoms with van der Waals surface area (Å²) in [5.74, 6) is 0.778. The van der Waals surface area contributed by atoms with Crippen LogP contribution in [0.1, 0.15) is 12.5 Å². The molecule has 0 bridgehead atoms. The second-order valence-electron chi connectivity index (χ2n) is 6.07. The van der Waals surface area contributed by atoms with Crippen LogP contribution >= 0.6 is 0 Å². The lowest BCUT2D eigenvalue weighted by Gasteiger charge is -2.11. The number of imidazole rings is 1. The molecule has 7 nitrogen and oxygen atoms in total. The Hall–Kier alpha value is -3.61. The molecular formula is C21H24N4O3. The van der Waals surface area contributed by atoms with Crippen molar-refractivity contribution >= 4 is 17.9 Å². The Morgan fingerprint density at radius 3 is 2.29 bits per heavy atom. The first kappa shape index (κ1) is 20.7. The van der Waals surface area contributed by atoms with Crippen LogP contribution in [-0.2, 0) is 4.79 Å². The van der Waals surface area contributed by atoms with Gasteiger partial charge in [0.2, 0.25) is 0 Å². The topological polar surface area (TPSA) is 79.9 Å². The van der Waals surface area contributed by atoms with Crippen LogP contribution in [0, 0.1) is 0 Å². The highest BCUT2D eigenvalue weighted by atomic mass is 16.5. The van der Waals surface area contributed by atoms with E-state index in [0.717, 1.165) is 35.3 Å². The molecule has 1 aromatic heterocycles. The van der Waals surface area contributed by atoms with Crippen molar-refractivity contribution in [3.63, 3.8) is 0 Å². The van der Waals surface area contributed by atoms with Gasteiger partial charge in [-0.15, -0.1) is 0 Å². The molecule has 1 N–H and O–H groups in total. The predicted molar refractivity (Wildman–Crippen MR) is 111 cm³/mol. The molecule has 0 amide bonds. The number of methoxy groups -OCH3 is 1. The van der Waals surface area contributed by atoms with Crippen molar-refractivity contribution in [1.29, 1.82) is 0 Å². The fraction of sp³-hybridized carbons (Fsp3) is 0.190. The van der Waals surface area contributed by atoms with Gasteiger partial charge in [0.25, 0.3) is 5.97 Å². The molecule has 0 spiro atoms. The first-order valence-electron chi connectivity index (χ1n) is 8.59. The normalized spacial score (nSPS) is 10.3. The Morgan fingerprint density at radius 1 is 1.14 bits per heavy atom. The zero-order valence-corrected chi connectivity index (χ0v) is 16.4. The minimum absolute atomic E-state index is 0.791. The van der Waals surface area contributed by atoms with Gasteiger partial charge in [-0.2, -0.15) is 5.10 Å². The van der Waals surface area contributed by atoms with Gasteiger partial charge in [0, 0.05) is 44.7 Å². The van der Waals surface area contributed by atoms with Gasteiger partial charge in [-0.05, 0) is 42.0 Å². The summed E-state index contributed by atoms with van der Waals surface area (Å²) in [7, 11) is 5.70. The molecule has 0 aliphatic carbocycles. The first-order valence-corrected chi connectivity index (χ1v) is 8.59. The number of aliphatic carboxylic acids is 1. The smallest absolute Gasteiger partial charge is 0.300 e. The standard InChI is InChI=1S/C19H20N4O.C2H4O2/c1-22(2)17-8-4-15(5-9-17)14-21-23-13-12-20-19(23)16-6-10-18(24-3)11-7-16;1-2(3)4/h4-14H,1-3H3;1H3,(H,3,4). The maximum absolute atomic E-state index is 9.00. The summed E-state index contributed by atoms with van der Waals surface area (Å²) in [6.45, 7) is 1.08. The monoisotopic (exact) mass is 380 g/mol. The third-order valence-corrected chi connectivity index (χ3v) is 3.71. The van der Waals surface area contributed by atoms with Crippen LogP contribution in [0.15, 0.2) is 66.0 Å². The number of carbonyl (C=O) groups is 1. The summed E-state index contributed by atoms with van der Waals surface area (Å²) in [4.78, 5) is 15.5. The maximum atomic E-state index is 9.00. The zero-order valence-electron chi connectivity index (χ0n) is 16.4.